The SMILES string of the molecule is COc1ccc(C(=O)NCc2ncn[nH]2)c(OC)c1. The van der Waals surface area contributed by atoms with Gasteiger partial charge < -0.3 is 14.8 Å². The number of rotatable bonds is 5. The molecule has 1 heterocycles. The van der Waals surface area contributed by atoms with Gasteiger partial charge in [0, 0.05) is 6.07 Å². The molecular weight excluding hydrogens is 248 g/mol. The van der Waals surface area contributed by atoms with Crippen LogP contribution in [0.15, 0.2) is 24.5 Å². The van der Waals surface area contributed by atoms with E-state index in [4.69, 9.17) is 9.47 Å². The van der Waals surface area contributed by atoms with Crippen molar-refractivity contribution in [3.63, 3.8) is 0 Å². The first kappa shape index (κ1) is 12.9. The lowest BCUT2D eigenvalue weighted by Gasteiger charge is -2.10. The number of nitrogens with zero attached hydrogens (tertiary/aromatic N) is 2. The van der Waals surface area contributed by atoms with E-state index in [2.05, 4.69) is 20.5 Å². The largest absolute Gasteiger partial charge is 0.497 e. The second-order valence-corrected chi connectivity index (χ2v) is 3.68. The Kier molecular flexibility index (Phi) is 3.97. The minimum atomic E-state index is -0.254. The van der Waals surface area contributed by atoms with Crippen LogP contribution in [0.1, 0.15) is 16.2 Å². The van der Waals surface area contributed by atoms with Crippen molar-refractivity contribution in [2.24, 2.45) is 0 Å². The van der Waals surface area contributed by atoms with Crippen LogP contribution in [-0.2, 0) is 6.54 Å². The maximum atomic E-state index is 12.0. The van der Waals surface area contributed by atoms with Crippen molar-refractivity contribution in [1.29, 1.82) is 0 Å². The third-order valence-corrected chi connectivity index (χ3v) is 2.53. The van der Waals surface area contributed by atoms with Gasteiger partial charge in [0.2, 0.25) is 0 Å². The molecule has 0 saturated carbocycles. The molecule has 1 aromatic carbocycles. The molecule has 0 unspecified atom stereocenters. The molecule has 19 heavy (non-hydrogen) atoms. The van der Waals surface area contributed by atoms with Gasteiger partial charge >= 0.3 is 0 Å². The molecule has 2 rings (SSSR count). The van der Waals surface area contributed by atoms with Crippen molar-refractivity contribution in [1.82, 2.24) is 20.5 Å². The Morgan fingerprint density at radius 3 is 2.84 bits per heavy atom. The van der Waals surface area contributed by atoms with Crippen LogP contribution >= 0.6 is 0 Å². The Morgan fingerprint density at radius 1 is 1.37 bits per heavy atom. The fourth-order valence-electron chi connectivity index (χ4n) is 1.56. The molecule has 0 aliphatic carbocycles. The van der Waals surface area contributed by atoms with Crippen LogP contribution in [0.5, 0.6) is 11.5 Å². The predicted octanol–water partition coefficient (Wildman–Crippen LogP) is 0.752. The van der Waals surface area contributed by atoms with Crippen LogP contribution in [0.3, 0.4) is 0 Å². The first-order chi connectivity index (χ1) is 9.24. The number of hydrogen-bond acceptors (Lipinski definition) is 5. The molecule has 2 aromatic rings. The summed E-state index contributed by atoms with van der Waals surface area (Å²) in [5, 5.41) is 9.08. The highest BCUT2D eigenvalue weighted by molar-refractivity contribution is 5.97. The summed E-state index contributed by atoms with van der Waals surface area (Å²) >= 11 is 0. The maximum Gasteiger partial charge on any atom is 0.255 e. The number of nitrogens with one attached hydrogen (secondary N) is 2. The average Bonchev–Trinajstić information content (AvgIpc) is 2.97. The van der Waals surface area contributed by atoms with Gasteiger partial charge in [-0.25, -0.2) is 4.98 Å². The highest BCUT2D eigenvalue weighted by Crippen LogP contribution is 2.24. The monoisotopic (exact) mass is 262 g/mol. The molecule has 0 spiro atoms. The highest BCUT2D eigenvalue weighted by atomic mass is 16.5. The normalized spacial score (nSPS) is 10.0. The summed E-state index contributed by atoms with van der Waals surface area (Å²) in [6, 6.07) is 5.00. The lowest BCUT2D eigenvalue weighted by Crippen LogP contribution is -2.24. The number of carbonyl (C=O) groups is 1. The van der Waals surface area contributed by atoms with Gasteiger partial charge in [-0.15, -0.1) is 0 Å². The maximum absolute atomic E-state index is 12.0. The summed E-state index contributed by atoms with van der Waals surface area (Å²) in [7, 11) is 3.06. The smallest absolute Gasteiger partial charge is 0.255 e. The number of aromatic amines is 1. The number of H-pyrrole nitrogens is 1. The number of amides is 1. The first-order valence-corrected chi connectivity index (χ1v) is 5.59. The predicted molar refractivity (Wildman–Crippen MR) is 67.1 cm³/mol. The van der Waals surface area contributed by atoms with Crippen LogP contribution in [0.25, 0.3) is 0 Å². The van der Waals surface area contributed by atoms with Crippen molar-refractivity contribution in [2.45, 2.75) is 6.54 Å². The molecule has 0 radical (unpaired) electrons. The molecule has 1 amide bonds. The lowest BCUT2D eigenvalue weighted by molar-refractivity contribution is 0.0947. The van der Waals surface area contributed by atoms with E-state index in [0.717, 1.165) is 0 Å². The molecule has 1 aromatic heterocycles. The van der Waals surface area contributed by atoms with Gasteiger partial charge in [-0.2, -0.15) is 5.10 Å². The van der Waals surface area contributed by atoms with Crippen LogP contribution in [-0.4, -0.2) is 35.3 Å². The van der Waals surface area contributed by atoms with Gasteiger partial charge in [0.15, 0.2) is 0 Å². The Bertz CT molecular complexity index is 554. The number of methoxy groups -OCH3 is 2. The Morgan fingerprint density at radius 2 is 2.21 bits per heavy atom. The van der Waals surface area contributed by atoms with Crippen LogP contribution in [0, 0.1) is 0 Å². The minimum absolute atomic E-state index is 0.254. The van der Waals surface area contributed by atoms with Crippen LogP contribution in [0.4, 0.5) is 0 Å². The first-order valence-electron chi connectivity index (χ1n) is 5.59. The highest BCUT2D eigenvalue weighted by Gasteiger charge is 2.13. The van der Waals surface area contributed by atoms with Crippen LogP contribution in [0.2, 0.25) is 0 Å². The number of ether oxygens (including phenoxy) is 2. The fourth-order valence-corrected chi connectivity index (χ4v) is 1.56. The topological polar surface area (TPSA) is 89.1 Å². The van der Waals surface area contributed by atoms with E-state index in [1.54, 1.807) is 25.3 Å². The van der Waals surface area contributed by atoms with Gasteiger partial charge in [0.25, 0.3) is 5.91 Å². The van der Waals surface area contributed by atoms with E-state index < -0.39 is 0 Å². The molecule has 7 nitrogen and oxygen atoms in total. The molecule has 0 atom stereocenters. The molecule has 0 saturated heterocycles. The van der Waals surface area contributed by atoms with E-state index in [0.29, 0.717) is 22.9 Å². The zero-order valence-corrected chi connectivity index (χ0v) is 10.6. The lowest BCUT2D eigenvalue weighted by atomic mass is 10.1. The standard InChI is InChI=1S/C12H14N4O3/c1-18-8-3-4-9(10(5-8)19-2)12(17)13-6-11-14-7-15-16-11/h3-5,7H,6H2,1-2H3,(H,13,17)(H,14,15,16). The van der Waals surface area contributed by atoms with E-state index >= 15 is 0 Å². The quantitative estimate of drug-likeness (QED) is 0.830. The summed E-state index contributed by atoms with van der Waals surface area (Å²) < 4.78 is 10.2. The summed E-state index contributed by atoms with van der Waals surface area (Å²) in [5.74, 6) is 1.41. The Labute approximate surface area is 110 Å². The van der Waals surface area contributed by atoms with E-state index in [-0.39, 0.29) is 12.5 Å². The second-order valence-electron chi connectivity index (χ2n) is 3.68. The third-order valence-electron chi connectivity index (χ3n) is 2.53. The number of aromatic nitrogens is 3. The average molecular weight is 262 g/mol. The summed E-state index contributed by atoms with van der Waals surface area (Å²) in [6.45, 7) is 0.272. The summed E-state index contributed by atoms with van der Waals surface area (Å²) in [5.41, 5.74) is 0.433. The molecule has 7 heteroatoms. The zero-order chi connectivity index (χ0) is 13.7. The van der Waals surface area contributed by atoms with Gasteiger partial charge in [-0.1, -0.05) is 0 Å². The van der Waals surface area contributed by atoms with Gasteiger partial charge in [-0.3, -0.25) is 9.89 Å². The Balaban J connectivity index is 2.09. The molecule has 0 aliphatic heterocycles. The zero-order valence-electron chi connectivity index (χ0n) is 10.6. The minimum Gasteiger partial charge on any atom is -0.497 e. The van der Waals surface area contributed by atoms with Crippen LogP contribution < -0.4 is 14.8 Å². The van der Waals surface area contributed by atoms with Crippen molar-refractivity contribution >= 4 is 5.91 Å². The number of carbonyl (C=O) groups excluding carboxylic acids is 1. The van der Waals surface area contributed by atoms with Crippen molar-refractivity contribution in [2.75, 3.05) is 14.2 Å². The van der Waals surface area contributed by atoms with E-state index in [1.165, 1.54) is 13.4 Å². The van der Waals surface area contributed by atoms with E-state index in [1.807, 2.05) is 0 Å². The molecule has 0 fully saturated rings. The number of benzene rings is 1. The van der Waals surface area contributed by atoms with Gasteiger partial charge in [0.1, 0.15) is 23.7 Å². The van der Waals surface area contributed by atoms with Gasteiger partial charge in [-0.05, 0) is 12.1 Å². The van der Waals surface area contributed by atoms with Crippen molar-refractivity contribution < 1.29 is 14.3 Å². The fraction of sp³-hybridized carbons (Fsp3) is 0.250. The molecule has 0 bridgehead atoms. The summed E-state index contributed by atoms with van der Waals surface area (Å²) in [6.07, 6.45) is 1.38. The third kappa shape index (κ3) is 3.01. The van der Waals surface area contributed by atoms with Crippen molar-refractivity contribution in [3.05, 3.63) is 35.9 Å². The molecule has 2 N–H and O–H groups in total. The van der Waals surface area contributed by atoms with Crippen molar-refractivity contribution in [3.8, 4) is 11.5 Å². The molecule has 100 valence electrons. The second kappa shape index (κ2) is 5.85. The van der Waals surface area contributed by atoms with Gasteiger partial charge in [0.05, 0.1) is 26.3 Å². The summed E-state index contributed by atoms with van der Waals surface area (Å²) in [4.78, 5) is 15.9. The molecular formula is C12H14N4O3. The number of hydrogen-bond donors (Lipinski definition) is 2. The van der Waals surface area contributed by atoms with E-state index in [9.17, 15) is 4.79 Å². The Hall–Kier alpha value is -2.57. The molecule has 0 aliphatic rings.